The fraction of sp³-hybridized carbons (Fsp3) is 0.390. The van der Waals surface area contributed by atoms with Gasteiger partial charge in [0.1, 0.15) is 40.3 Å². The van der Waals surface area contributed by atoms with E-state index in [-0.39, 0.29) is 108 Å². The number of carbonyl (C=O) groups excluding carboxylic acids is 7. The van der Waals surface area contributed by atoms with Crippen molar-refractivity contribution in [2.24, 2.45) is 56.2 Å². The van der Waals surface area contributed by atoms with E-state index in [2.05, 4.69) is 217 Å². The molecule has 770 valence electrons. The van der Waals surface area contributed by atoms with Gasteiger partial charge in [0.15, 0.2) is 35.2 Å². The molecule has 1 N–H and O–H groups in total. The van der Waals surface area contributed by atoms with E-state index >= 15 is 0 Å². The second-order valence-corrected chi connectivity index (χ2v) is 47.8. The number of aryl methyl sites for hydroxylation is 4. The second-order valence-electron chi connectivity index (χ2n) is 47.8. The van der Waals surface area contributed by atoms with Crippen LogP contribution in [0.1, 0.15) is 319 Å². The van der Waals surface area contributed by atoms with Gasteiger partial charge in [0.05, 0.1) is 44.9 Å². The Hall–Kier alpha value is -13.4. The zero-order chi connectivity index (χ0) is 105. The Labute approximate surface area is 885 Å². The van der Waals surface area contributed by atoms with Gasteiger partial charge in [0, 0.05) is 40.9 Å². The SMILES string of the molecule is CC1=CCCC[C@@]1(C)/C=C1\Oc2ccccc2C1=O.CC1=CCCC[C@@]1(C)CC1Oc2ccccc2C1=O.CC1=CC[C@]2(C)c3ccccc3CC[C@H]2[C@@]1(C)/C=C1\Oc2ccccc2C1=O.CC1=CC[C@]2(C)c3ccccc3CC[C@H]2[C@@]1(C)CC1Oc2ccccc2C1=O.C[C@]1(/C=C2\Oc3ccccc3C2=O)C(=O)CC[C@]2(C)c3ccccc3CC[C@@H]12.C[C@]1(/C=C2\Oc3ccccc3C2=O)C(O)CC[C@]2(C)c3ccccc3CC[C@@H]12. The Kier molecular flexibility index (Phi) is 27.1. The van der Waals surface area contributed by atoms with E-state index in [1.54, 1.807) is 18.2 Å². The first kappa shape index (κ1) is 102. The predicted octanol–water partition coefficient (Wildman–Crippen LogP) is 30.2. The van der Waals surface area contributed by atoms with Gasteiger partial charge in [-0.1, -0.05) is 279 Å². The summed E-state index contributed by atoms with van der Waals surface area (Å²) >= 11 is 0. The predicted molar refractivity (Wildman–Crippen MR) is 590 cm³/mol. The quantitative estimate of drug-likeness (QED) is 0.111. The Balaban J connectivity index is 0.000000106. The highest BCUT2D eigenvalue weighted by Crippen LogP contribution is 2.65. The topological polar surface area (TPSA) is 195 Å². The number of allylic oxidation sites excluding steroid dienone is 15. The number of benzene rings is 10. The monoisotopic (exact) mass is 2000 g/mol. The van der Waals surface area contributed by atoms with Crippen molar-refractivity contribution in [2.45, 2.75) is 278 Å². The fourth-order valence-corrected chi connectivity index (χ4v) is 29.9. The average molecular weight is 2000 g/mol. The lowest BCUT2D eigenvalue weighted by atomic mass is 9.49. The molecule has 3 unspecified atom stereocenters. The van der Waals surface area contributed by atoms with Gasteiger partial charge in [-0.2, -0.15) is 0 Å². The van der Waals surface area contributed by atoms with Crippen LogP contribution in [-0.4, -0.2) is 63.9 Å². The third-order valence-electron chi connectivity index (χ3n) is 39.2. The molecule has 17 atom stereocenters. The standard InChI is InChI=1S/C26H28O2.C26H26O2.C25H26O3.C25H24O3.C17H20O2.C17H18O2/c2*1-17-14-15-25(2)20-10-6-4-8-18(20)12-13-23(25)26(17,3)16-22-24(27)19-9-5-7-11-21(19)28-22;2*1-24-14-13-22(26)25(2,21(24)12-11-16-7-3-5-9-18(16)24)15-20-23(27)17-8-4-6-10-19(17)28-20;2*1-12-7-5-6-10-17(12,2)11-15-16(18)13-8-3-4-9-14(13)19-15/h4-11,14,22-23H,12-13,15-16H2,1-3H3;4-11,14,16,23H,12-13,15H2,1-3H3;3-10,15,21-22,26H,11-14H2,1-2H3;3-10,15,21H,11-14H2,1-2H3;3-4,7-9,15H,5-6,10-11H2,1-2H3;3-4,7-9,11H,5-6,10H2,1-2H3/b;22-16-;2*20-15-;;15-11-/t22?,23-,25-,26+;23-,25-,26+;21-,22?,24-,25-;21-,24-,25-;15?,17-;17-/m111100/s1. The van der Waals surface area contributed by atoms with E-state index in [1.165, 1.54) is 92.5 Å². The molecule has 10 aliphatic carbocycles. The smallest absolute Gasteiger partial charge is 0.231 e. The number of aliphatic hydroxyl groups excluding tert-OH is 1. The number of fused-ring (bicyclic) bond motifs is 18. The average Bonchev–Trinajstić information content (AvgIpc) is 1.55. The number of hydrogen-bond acceptors (Lipinski definition) is 14. The summed E-state index contributed by atoms with van der Waals surface area (Å²) < 4.78 is 35.5. The lowest BCUT2D eigenvalue weighted by Crippen LogP contribution is -2.54. The molecule has 6 heterocycles. The summed E-state index contributed by atoms with van der Waals surface area (Å²) in [4.78, 5) is 89.6. The summed E-state index contributed by atoms with van der Waals surface area (Å²) in [5.74, 6) is 7.39. The highest BCUT2D eigenvalue weighted by molar-refractivity contribution is 6.15. The first-order chi connectivity index (χ1) is 71.9. The lowest BCUT2D eigenvalue weighted by Gasteiger charge is -2.56. The number of aliphatic hydroxyl groups is 1. The lowest BCUT2D eigenvalue weighted by molar-refractivity contribution is -0.134. The fourth-order valence-electron chi connectivity index (χ4n) is 29.9. The summed E-state index contributed by atoms with van der Waals surface area (Å²) in [6.45, 7) is 31.5. The minimum atomic E-state index is -0.701. The zero-order valence-electron chi connectivity index (χ0n) is 89.6. The van der Waals surface area contributed by atoms with Crippen LogP contribution in [0.2, 0.25) is 0 Å². The van der Waals surface area contributed by atoms with Gasteiger partial charge in [-0.3, -0.25) is 33.6 Å². The summed E-state index contributed by atoms with van der Waals surface area (Å²) in [5, 5.41) is 11.1. The van der Waals surface area contributed by atoms with Gasteiger partial charge in [0.2, 0.25) is 34.7 Å². The van der Waals surface area contributed by atoms with Crippen molar-refractivity contribution in [1.29, 1.82) is 0 Å². The van der Waals surface area contributed by atoms with E-state index in [4.69, 9.17) is 28.4 Å². The molecule has 14 nitrogen and oxygen atoms in total. The van der Waals surface area contributed by atoms with Crippen LogP contribution in [0.4, 0.5) is 0 Å². The van der Waals surface area contributed by atoms with Crippen LogP contribution in [0.15, 0.2) is 337 Å². The Morgan fingerprint density at radius 3 is 1.09 bits per heavy atom. The third-order valence-corrected chi connectivity index (χ3v) is 39.2. The minimum absolute atomic E-state index is 0.00557. The van der Waals surface area contributed by atoms with Crippen molar-refractivity contribution in [2.75, 3.05) is 0 Å². The molecule has 0 spiro atoms. The van der Waals surface area contributed by atoms with Crippen LogP contribution in [0.25, 0.3) is 0 Å². The Morgan fingerprint density at radius 2 is 0.653 bits per heavy atom. The van der Waals surface area contributed by atoms with Crippen LogP contribution < -0.4 is 28.4 Å². The number of Topliss-reactive ketones (excluding diaryl/α,β-unsaturated/α-hetero) is 7. The van der Waals surface area contributed by atoms with Crippen LogP contribution in [0, 0.1) is 56.2 Å². The van der Waals surface area contributed by atoms with Crippen molar-refractivity contribution >= 4 is 40.5 Å². The van der Waals surface area contributed by atoms with Crippen molar-refractivity contribution in [3.63, 3.8) is 0 Å². The first-order valence-corrected chi connectivity index (χ1v) is 54.9. The summed E-state index contributed by atoms with van der Waals surface area (Å²) in [6.07, 6.45) is 38.3. The number of carbonyl (C=O) groups is 7. The summed E-state index contributed by atoms with van der Waals surface area (Å²) in [6, 6.07) is 80.0. The highest BCUT2D eigenvalue weighted by Gasteiger charge is 2.60. The molecule has 10 aromatic rings. The molecule has 2 saturated carbocycles. The molecule has 0 aromatic heterocycles. The molecule has 16 aliphatic rings. The van der Waals surface area contributed by atoms with Crippen LogP contribution >= 0.6 is 0 Å². The minimum Gasteiger partial charge on any atom is -0.481 e. The second kappa shape index (κ2) is 39.7. The zero-order valence-corrected chi connectivity index (χ0v) is 89.6. The molecule has 6 aliphatic heterocycles. The molecule has 14 heteroatoms. The van der Waals surface area contributed by atoms with Crippen molar-refractivity contribution in [3.8, 4) is 34.5 Å². The van der Waals surface area contributed by atoms with E-state index in [0.717, 1.165) is 132 Å². The highest BCUT2D eigenvalue weighted by atomic mass is 16.5. The van der Waals surface area contributed by atoms with E-state index in [0.29, 0.717) is 86.5 Å². The van der Waals surface area contributed by atoms with Crippen molar-refractivity contribution in [3.05, 3.63) is 414 Å². The first-order valence-electron chi connectivity index (χ1n) is 54.9. The number of para-hydroxylation sites is 6. The largest absolute Gasteiger partial charge is 0.481 e. The molecule has 0 radical (unpaired) electrons. The molecular weight excluding hydrogens is 1860 g/mol. The van der Waals surface area contributed by atoms with E-state index in [1.807, 2.05) is 153 Å². The van der Waals surface area contributed by atoms with Crippen molar-refractivity contribution < 1.29 is 67.1 Å². The van der Waals surface area contributed by atoms with Gasteiger partial charge in [-0.25, -0.2) is 0 Å². The van der Waals surface area contributed by atoms with Crippen LogP contribution in [0.5, 0.6) is 34.5 Å². The van der Waals surface area contributed by atoms with E-state index < -0.39 is 16.9 Å². The van der Waals surface area contributed by atoms with Crippen LogP contribution in [-0.2, 0) is 52.1 Å². The normalized spacial score (nSPS) is 32.2. The van der Waals surface area contributed by atoms with Gasteiger partial charge in [-0.05, 0) is 349 Å². The maximum atomic E-state index is 13.2. The van der Waals surface area contributed by atoms with Crippen molar-refractivity contribution in [1.82, 2.24) is 0 Å². The maximum Gasteiger partial charge on any atom is 0.231 e. The number of hydrogen-bond donors (Lipinski definition) is 1. The summed E-state index contributed by atoms with van der Waals surface area (Å²) in [7, 11) is 0. The van der Waals surface area contributed by atoms with Gasteiger partial charge < -0.3 is 33.5 Å². The van der Waals surface area contributed by atoms with Gasteiger partial charge in [-0.15, -0.1) is 0 Å². The third kappa shape index (κ3) is 17.9. The molecule has 26 rings (SSSR count). The Bertz CT molecular complexity index is 7400. The maximum absolute atomic E-state index is 13.2. The van der Waals surface area contributed by atoms with Crippen LogP contribution in [0.3, 0.4) is 0 Å². The number of rotatable bonds is 8. The summed E-state index contributed by atoms with van der Waals surface area (Å²) in [5.41, 5.74) is 19.8. The van der Waals surface area contributed by atoms with E-state index in [9.17, 15) is 38.7 Å². The van der Waals surface area contributed by atoms with Gasteiger partial charge in [0.25, 0.3) is 0 Å². The molecule has 0 amide bonds. The number of ketones is 7. The molecule has 2 fully saturated rings. The van der Waals surface area contributed by atoms with Gasteiger partial charge >= 0.3 is 0 Å². The Morgan fingerprint density at radius 1 is 0.307 bits per heavy atom. The molecule has 0 saturated heterocycles. The molecule has 10 aromatic carbocycles. The number of ether oxygens (including phenoxy) is 6. The molecular formula is C136H142O14. The molecule has 150 heavy (non-hydrogen) atoms. The molecule has 0 bridgehead atoms.